The Labute approximate surface area is 157 Å². The van der Waals surface area contributed by atoms with Crippen LogP contribution in [0, 0.1) is 5.92 Å². The number of imide groups is 1. The van der Waals surface area contributed by atoms with E-state index in [-0.39, 0.29) is 24.1 Å². The standard InChI is InChI=1S/C20H24N4O3/c25-18-4-3-17(19(26)23-18)24-10-13-2-1-11(5-14(13)20(24)27)8-21-15-6-12-7-16(15)22-9-12/h1-2,5,12,15-17,21-22H,3-4,6-10H2,(H,23,25,26)/t12-,15-,16-,17?/m1/s1. The molecule has 27 heavy (non-hydrogen) atoms. The van der Waals surface area contributed by atoms with Gasteiger partial charge in [-0.05, 0) is 48.9 Å². The molecule has 4 atom stereocenters. The number of hydrogen-bond acceptors (Lipinski definition) is 5. The van der Waals surface area contributed by atoms with Crippen LogP contribution in [0.25, 0.3) is 0 Å². The van der Waals surface area contributed by atoms with Crippen molar-refractivity contribution in [3.05, 3.63) is 34.9 Å². The number of rotatable bonds is 4. The van der Waals surface area contributed by atoms with E-state index in [0.717, 1.165) is 30.1 Å². The normalized spacial score (nSPS) is 32.1. The lowest BCUT2D eigenvalue weighted by Gasteiger charge is -2.29. The van der Waals surface area contributed by atoms with Crippen LogP contribution in [-0.4, -0.2) is 47.3 Å². The lowest BCUT2D eigenvalue weighted by atomic mass is 10.0. The third-order valence-electron chi connectivity index (χ3n) is 6.49. The van der Waals surface area contributed by atoms with Crippen molar-refractivity contribution in [2.75, 3.05) is 6.54 Å². The third-order valence-corrected chi connectivity index (χ3v) is 6.49. The van der Waals surface area contributed by atoms with Gasteiger partial charge in [-0.3, -0.25) is 19.7 Å². The van der Waals surface area contributed by atoms with Crippen molar-refractivity contribution in [1.82, 2.24) is 20.9 Å². The summed E-state index contributed by atoms with van der Waals surface area (Å²) in [6.07, 6.45) is 3.17. The molecular formula is C20H24N4O3. The summed E-state index contributed by atoms with van der Waals surface area (Å²) >= 11 is 0. The van der Waals surface area contributed by atoms with Crippen LogP contribution in [0.1, 0.15) is 47.2 Å². The maximum atomic E-state index is 12.9. The minimum atomic E-state index is -0.552. The lowest BCUT2D eigenvalue weighted by Crippen LogP contribution is -2.52. The molecule has 3 amide bonds. The van der Waals surface area contributed by atoms with Gasteiger partial charge >= 0.3 is 0 Å². The zero-order valence-corrected chi connectivity index (χ0v) is 15.2. The van der Waals surface area contributed by atoms with Gasteiger partial charge in [0, 0.05) is 37.2 Å². The minimum Gasteiger partial charge on any atom is -0.322 e. The number of hydrogen-bond donors (Lipinski definition) is 3. The number of piperidine rings is 2. The van der Waals surface area contributed by atoms with E-state index in [1.54, 1.807) is 4.90 Å². The van der Waals surface area contributed by atoms with Crippen LogP contribution in [-0.2, 0) is 22.7 Å². The first-order chi connectivity index (χ1) is 13.1. The van der Waals surface area contributed by atoms with E-state index in [4.69, 9.17) is 0 Å². The fraction of sp³-hybridized carbons (Fsp3) is 0.550. The van der Waals surface area contributed by atoms with Gasteiger partial charge in [-0.25, -0.2) is 0 Å². The Morgan fingerprint density at radius 3 is 2.81 bits per heavy atom. The lowest BCUT2D eigenvalue weighted by molar-refractivity contribution is -0.136. The molecule has 3 aliphatic heterocycles. The molecule has 1 aromatic carbocycles. The molecule has 0 radical (unpaired) electrons. The molecule has 3 heterocycles. The molecule has 7 heteroatoms. The second-order valence-electron chi connectivity index (χ2n) is 8.23. The van der Waals surface area contributed by atoms with Crippen molar-refractivity contribution < 1.29 is 14.4 Å². The van der Waals surface area contributed by atoms with Crippen LogP contribution in [0.3, 0.4) is 0 Å². The van der Waals surface area contributed by atoms with E-state index in [1.807, 2.05) is 12.1 Å². The Hall–Kier alpha value is -2.25. The second-order valence-corrected chi connectivity index (χ2v) is 8.23. The van der Waals surface area contributed by atoms with E-state index in [0.29, 0.717) is 30.6 Å². The van der Waals surface area contributed by atoms with Crippen molar-refractivity contribution in [3.63, 3.8) is 0 Å². The van der Waals surface area contributed by atoms with Crippen LogP contribution in [0.5, 0.6) is 0 Å². The Morgan fingerprint density at radius 2 is 2.07 bits per heavy atom. The maximum Gasteiger partial charge on any atom is 0.255 e. The first-order valence-corrected chi connectivity index (χ1v) is 9.82. The molecule has 142 valence electrons. The monoisotopic (exact) mass is 368 g/mol. The molecule has 3 N–H and O–H groups in total. The summed E-state index contributed by atoms with van der Waals surface area (Å²) in [4.78, 5) is 38.0. The van der Waals surface area contributed by atoms with Crippen molar-refractivity contribution in [2.45, 2.75) is 56.9 Å². The predicted octanol–water partition coefficient (Wildman–Crippen LogP) is 0.288. The molecule has 1 unspecified atom stereocenters. The van der Waals surface area contributed by atoms with Gasteiger partial charge in [-0.2, -0.15) is 0 Å². The van der Waals surface area contributed by atoms with Gasteiger partial charge in [0.2, 0.25) is 11.8 Å². The summed E-state index contributed by atoms with van der Waals surface area (Å²) in [7, 11) is 0. The average Bonchev–Trinajstić information content (AvgIpc) is 3.35. The van der Waals surface area contributed by atoms with Crippen LogP contribution in [0.2, 0.25) is 0 Å². The molecule has 7 nitrogen and oxygen atoms in total. The highest BCUT2D eigenvalue weighted by atomic mass is 16.2. The number of benzene rings is 1. The van der Waals surface area contributed by atoms with Crippen LogP contribution in [0.4, 0.5) is 0 Å². The number of fused-ring (bicyclic) bond motifs is 3. The Balaban J connectivity index is 1.27. The summed E-state index contributed by atoms with van der Waals surface area (Å²) in [5.74, 6) is 0.0704. The van der Waals surface area contributed by atoms with Crippen LogP contribution < -0.4 is 16.0 Å². The van der Waals surface area contributed by atoms with E-state index in [9.17, 15) is 14.4 Å². The van der Waals surface area contributed by atoms with Gasteiger partial charge in [0.1, 0.15) is 6.04 Å². The van der Waals surface area contributed by atoms with Gasteiger partial charge in [0.05, 0.1) is 0 Å². The first kappa shape index (κ1) is 16.9. The fourth-order valence-electron chi connectivity index (χ4n) is 5.04. The van der Waals surface area contributed by atoms with Crippen molar-refractivity contribution in [1.29, 1.82) is 0 Å². The molecular weight excluding hydrogens is 344 g/mol. The van der Waals surface area contributed by atoms with E-state index >= 15 is 0 Å². The average molecular weight is 368 g/mol. The highest BCUT2D eigenvalue weighted by Crippen LogP contribution is 2.32. The topological polar surface area (TPSA) is 90.5 Å². The third kappa shape index (κ3) is 2.95. The number of amides is 3. The molecule has 0 aromatic heterocycles. The zero-order chi connectivity index (χ0) is 18.5. The fourth-order valence-corrected chi connectivity index (χ4v) is 5.04. The molecule has 0 spiro atoms. The molecule has 3 fully saturated rings. The summed E-state index contributed by atoms with van der Waals surface area (Å²) in [6, 6.07) is 6.55. The van der Waals surface area contributed by atoms with E-state index in [2.05, 4.69) is 22.0 Å². The van der Waals surface area contributed by atoms with Gasteiger partial charge in [-0.15, -0.1) is 0 Å². The van der Waals surface area contributed by atoms with Gasteiger partial charge < -0.3 is 15.5 Å². The Kier molecular flexibility index (Phi) is 4.02. The molecule has 1 saturated carbocycles. The molecule has 1 aromatic rings. The number of nitrogens with zero attached hydrogens (tertiary/aromatic N) is 1. The molecule has 2 bridgehead atoms. The van der Waals surface area contributed by atoms with Crippen molar-refractivity contribution >= 4 is 17.7 Å². The van der Waals surface area contributed by atoms with Crippen LogP contribution >= 0.6 is 0 Å². The second kappa shape index (κ2) is 6.42. The maximum absolute atomic E-state index is 12.9. The summed E-state index contributed by atoms with van der Waals surface area (Å²) in [5.41, 5.74) is 2.73. The van der Waals surface area contributed by atoms with Crippen LogP contribution in [0.15, 0.2) is 18.2 Å². The number of carbonyl (C=O) groups excluding carboxylic acids is 3. The minimum absolute atomic E-state index is 0.108. The predicted molar refractivity (Wildman–Crippen MR) is 97.6 cm³/mol. The SMILES string of the molecule is O=C1CCC(N2Cc3ccc(CN[C@@H]4C[C@H]5CN[C@@H]4C5)cc3C2=O)C(=O)N1. The number of nitrogens with one attached hydrogen (secondary N) is 3. The Morgan fingerprint density at radius 1 is 1.19 bits per heavy atom. The zero-order valence-electron chi connectivity index (χ0n) is 15.2. The number of carbonyl (C=O) groups is 3. The molecule has 5 rings (SSSR count). The smallest absolute Gasteiger partial charge is 0.255 e. The van der Waals surface area contributed by atoms with Gasteiger partial charge in [-0.1, -0.05) is 12.1 Å². The first-order valence-electron chi connectivity index (χ1n) is 9.82. The van der Waals surface area contributed by atoms with E-state index < -0.39 is 6.04 Å². The van der Waals surface area contributed by atoms with Crippen molar-refractivity contribution in [3.8, 4) is 0 Å². The van der Waals surface area contributed by atoms with E-state index in [1.165, 1.54) is 12.8 Å². The summed E-state index contributed by atoms with van der Waals surface area (Å²) in [5, 5.41) is 9.53. The summed E-state index contributed by atoms with van der Waals surface area (Å²) in [6.45, 7) is 2.32. The van der Waals surface area contributed by atoms with Gasteiger partial charge in [0.15, 0.2) is 0 Å². The highest BCUT2D eigenvalue weighted by molar-refractivity contribution is 6.05. The van der Waals surface area contributed by atoms with Crippen molar-refractivity contribution in [2.24, 2.45) is 5.92 Å². The Bertz CT molecular complexity index is 823. The molecule has 1 aliphatic carbocycles. The largest absolute Gasteiger partial charge is 0.322 e. The van der Waals surface area contributed by atoms with Gasteiger partial charge in [0.25, 0.3) is 5.91 Å². The molecule has 2 saturated heterocycles. The molecule has 4 aliphatic rings. The summed E-state index contributed by atoms with van der Waals surface area (Å²) < 4.78 is 0. The quantitative estimate of drug-likeness (QED) is 0.665. The highest BCUT2D eigenvalue weighted by Gasteiger charge is 2.40.